The van der Waals surface area contributed by atoms with Crippen molar-refractivity contribution in [1.29, 1.82) is 5.41 Å². The summed E-state index contributed by atoms with van der Waals surface area (Å²) in [5, 5.41) is 18.1. The maximum absolute atomic E-state index is 12.7. The van der Waals surface area contributed by atoms with E-state index in [1.54, 1.807) is 18.5 Å². The molecule has 11 heteroatoms. The zero-order chi connectivity index (χ0) is 21.5. The third-order valence-electron chi connectivity index (χ3n) is 5.03. The Morgan fingerprint density at radius 1 is 1.40 bits per heavy atom. The molecule has 0 saturated carbocycles. The van der Waals surface area contributed by atoms with E-state index in [4.69, 9.17) is 15.1 Å². The predicted octanol–water partition coefficient (Wildman–Crippen LogP) is 2.58. The fourth-order valence-electron chi connectivity index (χ4n) is 3.56. The highest BCUT2D eigenvalue weighted by atomic mass is 32.2. The molecule has 2 fully saturated rings. The lowest BCUT2D eigenvalue weighted by Crippen LogP contribution is -2.44. The van der Waals surface area contributed by atoms with Gasteiger partial charge in [-0.2, -0.15) is 17.7 Å². The third-order valence-corrected chi connectivity index (χ3v) is 6.54. The Morgan fingerprint density at radius 3 is 2.90 bits per heavy atom. The molecule has 0 amide bonds. The van der Waals surface area contributed by atoms with Crippen molar-refractivity contribution in [2.75, 3.05) is 52.8 Å². The number of ether oxygens (including phenoxy) is 1. The fourth-order valence-corrected chi connectivity index (χ4v) is 4.94. The molecule has 2 atom stereocenters. The fraction of sp³-hybridized carbons (Fsp3) is 0.526. The molecule has 0 aromatic carbocycles. The summed E-state index contributed by atoms with van der Waals surface area (Å²) in [6.07, 6.45) is 6.57. The van der Waals surface area contributed by atoms with Crippen molar-refractivity contribution in [3.8, 4) is 0 Å². The Bertz CT molecular complexity index is 863. The predicted molar refractivity (Wildman–Crippen MR) is 126 cm³/mol. The van der Waals surface area contributed by atoms with Crippen molar-refractivity contribution in [2.24, 2.45) is 0 Å². The number of thiol groups is 1. The lowest BCUT2D eigenvalue weighted by molar-refractivity contribution is 0.0985. The third kappa shape index (κ3) is 4.96. The van der Waals surface area contributed by atoms with Gasteiger partial charge in [0.2, 0.25) is 0 Å². The molecule has 9 nitrogen and oxygen atoms in total. The van der Waals surface area contributed by atoms with Gasteiger partial charge in [-0.25, -0.2) is 9.19 Å². The van der Waals surface area contributed by atoms with Gasteiger partial charge in [0.05, 0.1) is 36.7 Å². The Kier molecular flexibility index (Phi) is 8.11. The number of H-pyrrole nitrogens is 1. The van der Waals surface area contributed by atoms with E-state index in [0.717, 1.165) is 30.9 Å². The van der Waals surface area contributed by atoms with Crippen LogP contribution >= 0.6 is 12.6 Å². The smallest absolute Gasteiger partial charge is 0.144 e. The molecule has 3 N–H and O–H groups in total. The number of aromatic nitrogens is 3. The lowest BCUT2D eigenvalue weighted by Gasteiger charge is -2.36. The minimum absolute atomic E-state index is 0.187. The number of hydrogen-bond acceptors (Lipinski definition) is 8. The molecule has 2 unspecified atom stereocenters. The molecule has 2 aliphatic heterocycles. The lowest BCUT2D eigenvalue weighted by atomic mass is 10.1. The normalized spacial score (nSPS) is 21.6. The van der Waals surface area contributed by atoms with E-state index in [2.05, 4.69) is 40.0 Å². The number of pyridine rings is 1. The summed E-state index contributed by atoms with van der Waals surface area (Å²) in [6.45, 7) is 4.84. The van der Waals surface area contributed by atoms with Crippen LogP contribution in [0.25, 0.3) is 0 Å². The number of anilines is 4. The summed E-state index contributed by atoms with van der Waals surface area (Å²) >= 11 is 3.53. The Balaban J connectivity index is 0.00000124. The van der Waals surface area contributed by atoms with Crippen LogP contribution in [0.1, 0.15) is 25.3 Å². The largest absolute Gasteiger partial charge is 0.377 e. The maximum atomic E-state index is 12.7. The zero-order valence-corrected chi connectivity index (χ0v) is 19.0. The molecule has 0 bridgehead atoms. The highest BCUT2D eigenvalue weighted by Gasteiger charge is 2.27. The van der Waals surface area contributed by atoms with Gasteiger partial charge in [0, 0.05) is 37.2 Å². The van der Waals surface area contributed by atoms with E-state index in [1.807, 2.05) is 10.4 Å². The average molecular weight is 452 g/mol. The van der Waals surface area contributed by atoms with Gasteiger partial charge in [0.15, 0.2) is 0 Å². The number of morpholine rings is 1. The molecule has 4 heterocycles. The first-order valence-corrected chi connectivity index (χ1v) is 12.1. The summed E-state index contributed by atoms with van der Waals surface area (Å²) in [4.78, 5) is 7.01. The highest BCUT2D eigenvalue weighted by molar-refractivity contribution is 7.86. The van der Waals surface area contributed by atoms with Crippen LogP contribution in [0.15, 0.2) is 18.3 Å². The molecule has 30 heavy (non-hydrogen) atoms. The Labute approximate surface area is 185 Å². The van der Waals surface area contributed by atoms with Crippen LogP contribution in [0.4, 0.5) is 23.1 Å². The highest BCUT2D eigenvalue weighted by Crippen LogP contribution is 2.34. The Hall–Kier alpha value is -2.11. The van der Waals surface area contributed by atoms with Crippen molar-refractivity contribution in [2.45, 2.75) is 25.8 Å². The molecule has 2 aromatic rings. The van der Waals surface area contributed by atoms with Gasteiger partial charge in [0.1, 0.15) is 28.4 Å². The topological polar surface area (TPSA) is 110 Å². The summed E-state index contributed by atoms with van der Waals surface area (Å²) < 4.78 is 20.2. The molecule has 0 aliphatic carbocycles. The first-order valence-electron chi connectivity index (χ1n) is 9.94. The first kappa shape index (κ1) is 22.6. The molecule has 2 aromatic heterocycles. The quantitative estimate of drug-likeness (QED) is 0.411. The van der Waals surface area contributed by atoms with E-state index in [-0.39, 0.29) is 6.04 Å². The molecule has 2 saturated heterocycles. The van der Waals surface area contributed by atoms with Gasteiger partial charge in [-0.05, 0) is 26.0 Å². The molecule has 2 aliphatic rings. The van der Waals surface area contributed by atoms with E-state index >= 15 is 0 Å². The van der Waals surface area contributed by atoms with Crippen molar-refractivity contribution < 1.29 is 8.95 Å². The number of nitrogens with one attached hydrogen (secondary N) is 3. The van der Waals surface area contributed by atoms with Crippen LogP contribution in [0.2, 0.25) is 0 Å². The van der Waals surface area contributed by atoms with Crippen LogP contribution in [0.3, 0.4) is 0 Å². The minimum atomic E-state index is -1.10. The second-order valence-electron chi connectivity index (χ2n) is 6.95. The second-order valence-corrected chi connectivity index (χ2v) is 8.45. The molecule has 4 rings (SSSR count). The van der Waals surface area contributed by atoms with Crippen molar-refractivity contribution in [1.82, 2.24) is 15.2 Å². The van der Waals surface area contributed by atoms with E-state index in [9.17, 15) is 4.21 Å². The average Bonchev–Trinajstić information content (AvgIpc) is 3.28. The number of hydrogen-bond donors (Lipinski definition) is 4. The van der Waals surface area contributed by atoms with Gasteiger partial charge in [-0.3, -0.25) is 9.40 Å². The SMILES string of the molecule is CC1COCCN1c1cc(N2CCCCS2=O)c(C=N)c(Nc2ccn[nH]2)n1.CS. The van der Waals surface area contributed by atoms with E-state index in [1.165, 1.54) is 6.21 Å². The van der Waals surface area contributed by atoms with Crippen molar-refractivity contribution in [3.63, 3.8) is 0 Å². The molecule has 0 spiro atoms. The number of rotatable bonds is 5. The van der Waals surface area contributed by atoms with Gasteiger partial charge in [-0.15, -0.1) is 0 Å². The summed E-state index contributed by atoms with van der Waals surface area (Å²) in [7, 11) is -1.10. The number of aromatic amines is 1. The van der Waals surface area contributed by atoms with Crippen LogP contribution in [0.5, 0.6) is 0 Å². The molecular weight excluding hydrogens is 422 g/mol. The molecular formula is C19H29N7O2S2. The second kappa shape index (κ2) is 10.8. The minimum Gasteiger partial charge on any atom is -0.377 e. The number of nitrogens with zero attached hydrogens (tertiary/aromatic N) is 4. The first-order chi connectivity index (χ1) is 14.7. The van der Waals surface area contributed by atoms with Gasteiger partial charge in [0.25, 0.3) is 0 Å². The van der Waals surface area contributed by atoms with Gasteiger partial charge < -0.3 is 20.4 Å². The van der Waals surface area contributed by atoms with E-state index < -0.39 is 11.0 Å². The van der Waals surface area contributed by atoms with Gasteiger partial charge in [-0.1, -0.05) is 0 Å². The summed E-state index contributed by atoms with van der Waals surface area (Å²) in [5.41, 5.74) is 1.40. The van der Waals surface area contributed by atoms with Gasteiger partial charge >= 0.3 is 0 Å². The van der Waals surface area contributed by atoms with Crippen LogP contribution in [0, 0.1) is 5.41 Å². The van der Waals surface area contributed by atoms with Crippen LogP contribution in [-0.2, 0) is 15.7 Å². The Morgan fingerprint density at radius 2 is 2.23 bits per heavy atom. The van der Waals surface area contributed by atoms with Crippen LogP contribution in [-0.4, -0.2) is 70.0 Å². The summed E-state index contributed by atoms with van der Waals surface area (Å²) in [6, 6.07) is 3.95. The van der Waals surface area contributed by atoms with Crippen molar-refractivity contribution >= 4 is 53.0 Å². The van der Waals surface area contributed by atoms with Crippen LogP contribution < -0.4 is 14.5 Å². The summed E-state index contributed by atoms with van der Waals surface area (Å²) in [5.74, 6) is 2.68. The monoisotopic (exact) mass is 451 g/mol. The standard InChI is InChI=1S/C18H25N7O2S.CH4S/c1-13-12-27-8-7-24(13)17-10-15(25-6-2-3-9-28(25)26)14(11-19)18(22-17)21-16-4-5-20-23-16;1-2/h4-5,10-11,13,19H,2-3,6-9,12H2,1H3,(H2,20,21,22,23);2H,1H3. The van der Waals surface area contributed by atoms with Crippen molar-refractivity contribution in [3.05, 3.63) is 23.9 Å². The molecule has 164 valence electrons. The maximum Gasteiger partial charge on any atom is 0.144 e. The van der Waals surface area contributed by atoms with E-state index in [0.29, 0.717) is 42.7 Å². The molecule has 0 radical (unpaired) electrons. The zero-order valence-electron chi connectivity index (χ0n) is 17.3.